The molecule has 1 amide bonds. The maximum Gasteiger partial charge on any atom is 0.253 e. The lowest BCUT2D eigenvalue weighted by atomic mass is 9.75. The van der Waals surface area contributed by atoms with Gasteiger partial charge in [0.15, 0.2) is 0 Å². The Hall–Kier alpha value is -2.31. The lowest BCUT2D eigenvalue weighted by Gasteiger charge is -2.42. The van der Waals surface area contributed by atoms with E-state index in [0.29, 0.717) is 18.7 Å². The molecule has 0 bridgehead atoms. The molecule has 1 fully saturated rings. The Morgan fingerprint density at radius 3 is 2.55 bits per heavy atom. The molecule has 2 aromatic rings. The molecule has 5 nitrogen and oxygen atoms in total. The van der Waals surface area contributed by atoms with E-state index in [2.05, 4.69) is 23.3 Å². The molecule has 33 heavy (non-hydrogen) atoms. The average molecular weight is 469 g/mol. The van der Waals surface area contributed by atoms with E-state index in [4.69, 9.17) is 4.74 Å². The van der Waals surface area contributed by atoms with Crippen molar-refractivity contribution in [1.29, 1.82) is 0 Å². The Morgan fingerprint density at radius 2 is 1.88 bits per heavy atom. The van der Waals surface area contributed by atoms with Gasteiger partial charge in [-0.3, -0.25) is 9.00 Å². The molecule has 3 atom stereocenters. The van der Waals surface area contributed by atoms with Gasteiger partial charge >= 0.3 is 0 Å². The van der Waals surface area contributed by atoms with Crippen LogP contribution in [0.25, 0.3) is 0 Å². The fourth-order valence-electron chi connectivity index (χ4n) is 5.17. The van der Waals surface area contributed by atoms with Crippen molar-refractivity contribution >= 4 is 21.3 Å². The van der Waals surface area contributed by atoms with Gasteiger partial charge in [-0.15, -0.1) is 0 Å². The third-order valence-electron chi connectivity index (χ3n) is 7.11. The Kier molecular flexibility index (Phi) is 6.87. The van der Waals surface area contributed by atoms with Crippen LogP contribution >= 0.6 is 0 Å². The van der Waals surface area contributed by atoms with Crippen LogP contribution in [0.1, 0.15) is 66.9 Å². The summed E-state index contributed by atoms with van der Waals surface area (Å²) in [6, 6.07) is 13.9. The van der Waals surface area contributed by atoms with Crippen molar-refractivity contribution in [1.82, 2.24) is 10.2 Å². The maximum absolute atomic E-state index is 12.8. The number of benzene rings is 2. The summed E-state index contributed by atoms with van der Waals surface area (Å²) in [5.74, 6) is 4.94. The molecule has 1 spiro atoms. The number of hydrogen-bond acceptors (Lipinski definition) is 4. The second kappa shape index (κ2) is 9.51. The van der Waals surface area contributed by atoms with E-state index in [1.54, 1.807) is 6.26 Å². The van der Waals surface area contributed by atoms with Crippen molar-refractivity contribution in [3.8, 4) is 5.75 Å². The van der Waals surface area contributed by atoms with Gasteiger partial charge in [-0.05, 0) is 104 Å². The number of carbonyl (C=O) groups excluding carboxylic acids is 1. The maximum atomic E-state index is 12.8. The fourth-order valence-corrected chi connectivity index (χ4v) is 5.91. The highest BCUT2D eigenvalue weighted by Gasteiger charge is 2.41. The van der Waals surface area contributed by atoms with E-state index in [0.717, 1.165) is 60.5 Å². The number of hydrogen-bond donors (Lipinski definition) is 1. The van der Waals surface area contributed by atoms with E-state index in [9.17, 15) is 9.00 Å². The molecule has 2 aliphatic rings. The Labute approximate surface area is 198 Å². The van der Waals surface area contributed by atoms with Crippen molar-refractivity contribution < 1.29 is 13.7 Å². The zero-order valence-electron chi connectivity index (χ0n) is 20.1. The van der Waals surface area contributed by atoms with Crippen LogP contribution in [0.3, 0.4) is 0 Å². The normalized spacial score (nSPS) is 24.3. The Bertz CT molecular complexity index is 1100. The molecule has 0 radical (unpaired) electrons. The van der Waals surface area contributed by atoms with E-state index in [1.807, 2.05) is 49.1 Å². The smallest absolute Gasteiger partial charge is 0.253 e. The average Bonchev–Trinajstić information content (AvgIpc) is 3.03. The molecule has 3 unspecified atom stereocenters. The van der Waals surface area contributed by atoms with Gasteiger partial charge in [0.05, 0.1) is 0 Å². The first kappa shape index (κ1) is 23.8. The molecule has 2 aromatic carbocycles. The van der Waals surface area contributed by atoms with Gasteiger partial charge < -0.3 is 15.0 Å². The summed E-state index contributed by atoms with van der Waals surface area (Å²) in [5.41, 5.74) is 2.73. The summed E-state index contributed by atoms with van der Waals surface area (Å²) in [6.07, 6.45) is 5.61. The second-order valence-electron chi connectivity index (χ2n) is 9.45. The molecular weight excluding hydrogens is 432 g/mol. The minimum absolute atomic E-state index is 0.0651. The van der Waals surface area contributed by atoms with Crippen LogP contribution in [0, 0.1) is 0 Å². The van der Waals surface area contributed by atoms with Crippen LogP contribution in [0.5, 0.6) is 5.75 Å². The summed E-state index contributed by atoms with van der Waals surface area (Å²) >= 11 is 0. The van der Waals surface area contributed by atoms with Gasteiger partial charge in [0, 0.05) is 41.3 Å². The second-order valence-corrected chi connectivity index (χ2v) is 11.9. The monoisotopic (exact) mass is 468 g/mol. The number of nitrogens with zero attached hydrogens (tertiary/aromatic N) is 1. The molecule has 6 heteroatoms. The first-order valence-electron chi connectivity index (χ1n) is 12.0. The summed E-state index contributed by atoms with van der Waals surface area (Å²) in [5, 5.41) is 3.50. The first-order valence-corrected chi connectivity index (χ1v) is 14.1. The van der Waals surface area contributed by atoms with Crippen molar-refractivity contribution in [3.05, 3.63) is 59.2 Å². The summed E-state index contributed by atoms with van der Waals surface area (Å²) in [6.45, 7) is 7.36. The number of carbonyl (C=O) groups is 1. The lowest BCUT2D eigenvalue weighted by molar-refractivity contribution is 0.0280. The molecule has 0 saturated carbocycles. The molecule has 1 saturated heterocycles. The highest BCUT2D eigenvalue weighted by molar-refractivity contribution is 7.99. The topological polar surface area (TPSA) is 58.6 Å². The lowest BCUT2D eigenvalue weighted by Crippen LogP contribution is -2.42. The van der Waals surface area contributed by atoms with Crippen LogP contribution in [0.2, 0.25) is 0 Å². The highest BCUT2D eigenvalue weighted by atomic mass is 32.2. The van der Waals surface area contributed by atoms with Crippen LogP contribution < -0.4 is 10.1 Å². The number of rotatable bonds is 5. The van der Waals surface area contributed by atoms with Gasteiger partial charge in [-0.25, -0.2) is 0 Å². The molecule has 1 N–H and O–H groups in total. The van der Waals surface area contributed by atoms with Crippen molar-refractivity contribution in [2.45, 2.75) is 55.9 Å². The summed E-state index contributed by atoms with van der Waals surface area (Å²) < 4.78 is 19.4. The predicted octanol–water partition coefficient (Wildman–Crippen LogP) is 4.30. The molecule has 2 heterocycles. The number of fused-ring (bicyclic) bond motifs is 1. The molecule has 0 aliphatic carbocycles. The zero-order chi connectivity index (χ0) is 23.6. The van der Waals surface area contributed by atoms with Gasteiger partial charge in [0.1, 0.15) is 11.4 Å². The molecule has 178 valence electrons. The standard InChI is InChI=1S/C27H36N2O3S/c1-5-29(6-2)26(30)21-10-8-20(9-11-21)24-19-27(14-7-16-28-17-15-27)32-25-13-12-22(18-23(24)25)33(3,4)31/h8-13,18,24,28H,3,5-7,14-17,19H2,1-2,4H3. The van der Waals surface area contributed by atoms with E-state index in [-0.39, 0.29) is 17.4 Å². The third-order valence-corrected chi connectivity index (χ3v) is 8.36. The Morgan fingerprint density at radius 1 is 1.15 bits per heavy atom. The Balaban J connectivity index is 1.74. The van der Waals surface area contributed by atoms with Crippen molar-refractivity contribution in [3.63, 3.8) is 0 Å². The van der Waals surface area contributed by atoms with Gasteiger partial charge in [0.25, 0.3) is 5.91 Å². The SMILES string of the molecule is C=S(C)(=O)c1ccc2c(c1)C(c1ccc(C(=O)N(CC)CC)cc1)CC1(CCCNCC1)O2. The minimum Gasteiger partial charge on any atom is -0.487 e. The van der Waals surface area contributed by atoms with Crippen LogP contribution in [-0.2, 0) is 9.52 Å². The number of ether oxygens (including phenoxy) is 1. The third kappa shape index (κ3) is 4.97. The van der Waals surface area contributed by atoms with Crippen molar-refractivity contribution in [2.24, 2.45) is 0 Å². The summed E-state index contributed by atoms with van der Waals surface area (Å²) in [4.78, 5) is 15.4. The quantitative estimate of drug-likeness (QED) is 0.665. The van der Waals surface area contributed by atoms with E-state index in [1.165, 1.54) is 0 Å². The summed E-state index contributed by atoms with van der Waals surface area (Å²) in [7, 11) is -2.33. The molecule has 2 aliphatic heterocycles. The van der Waals surface area contributed by atoms with Crippen LogP contribution in [0.15, 0.2) is 47.4 Å². The van der Waals surface area contributed by atoms with Gasteiger partial charge in [-0.1, -0.05) is 12.1 Å². The number of nitrogens with one attached hydrogen (secondary N) is 1. The van der Waals surface area contributed by atoms with Gasteiger partial charge in [-0.2, -0.15) is 0 Å². The van der Waals surface area contributed by atoms with E-state index < -0.39 is 9.52 Å². The number of amides is 1. The largest absolute Gasteiger partial charge is 0.487 e. The van der Waals surface area contributed by atoms with Gasteiger partial charge in [0.2, 0.25) is 0 Å². The minimum atomic E-state index is -2.33. The zero-order valence-corrected chi connectivity index (χ0v) is 20.9. The fraction of sp³-hybridized carbons (Fsp3) is 0.481. The van der Waals surface area contributed by atoms with Crippen molar-refractivity contribution in [2.75, 3.05) is 32.4 Å². The molecular formula is C27H36N2O3S. The molecule has 0 aromatic heterocycles. The van der Waals surface area contributed by atoms with E-state index >= 15 is 0 Å². The van der Waals surface area contributed by atoms with Crippen LogP contribution in [-0.4, -0.2) is 58.9 Å². The molecule has 4 rings (SSSR count). The predicted molar refractivity (Wildman–Crippen MR) is 136 cm³/mol. The highest BCUT2D eigenvalue weighted by Crippen LogP contribution is 2.48. The van der Waals surface area contributed by atoms with Crippen LogP contribution in [0.4, 0.5) is 0 Å². The first-order chi connectivity index (χ1) is 15.8.